The van der Waals surface area contributed by atoms with Gasteiger partial charge in [-0.1, -0.05) is 115 Å². The molecule has 0 aliphatic heterocycles. The fourth-order valence-corrected chi connectivity index (χ4v) is 9.35. The number of hydrogen-bond donors (Lipinski definition) is 0. The third-order valence-corrected chi connectivity index (χ3v) is 11.4. The number of hydrogen-bond acceptors (Lipinski definition) is 3. The van der Waals surface area contributed by atoms with Gasteiger partial charge in [-0.3, -0.25) is 0 Å². The minimum absolute atomic E-state index is 0.521. The minimum Gasteiger partial charge on any atom is -0.308 e. The third kappa shape index (κ3) is 3.73. The maximum absolute atomic E-state index is 11.5. The van der Waals surface area contributed by atoms with Gasteiger partial charge in [-0.25, -0.2) is 0 Å². The summed E-state index contributed by atoms with van der Waals surface area (Å²) in [5, 5.41) is 29.5. The molecule has 7 aromatic carbocycles. The highest BCUT2D eigenvalue weighted by molar-refractivity contribution is 7.26. The number of nitriles is 2. The van der Waals surface area contributed by atoms with Crippen LogP contribution in [0.5, 0.6) is 0 Å². The zero-order chi connectivity index (χ0) is 33.5. The molecule has 0 saturated heterocycles. The molecule has 0 saturated carbocycles. The summed E-state index contributed by atoms with van der Waals surface area (Å²) in [6, 6.07) is 53.5. The van der Waals surface area contributed by atoms with Crippen LogP contribution in [0, 0.1) is 29.6 Å². The van der Waals surface area contributed by atoms with Crippen LogP contribution in [-0.2, 0) is 0 Å². The molecule has 0 spiro atoms. The summed E-state index contributed by atoms with van der Waals surface area (Å²) in [7, 11) is 0. The van der Waals surface area contributed by atoms with Crippen molar-refractivity contribution in [3.05, 3.63) is 156 Å². The number of thiophene rings is 1. The van der Waals surface area contributed by atoms with Gasteiger partial charge in [0.25, 0.3) is 0 Å². The van der Waals surface area contributed by atoms with E-state index in [4.69, 9.17) is 0 Å². The maximum Gasteiger partial charge on any atom is 0.104 e. The quantitative estimate of drug-likeness (QED) is 0.190. The van der Waals surface area contributed by atoms with E-state index in [-0.39, 0.29) is 0 Å². The van der Waals surface area contributed by atoms with Crippen molar-refractivity contribution in [2.24, 2.45) is 0 Å². The van der Waals surface area contributed by atoms with Crippen molar-refractivity contribution in [2.75, 3.05) is 0 Å². The fraction of sp³-hybridized carbons (Fsp3) is 0.0222. The second-order valence-corrected chi connectivity index (χ2v) is 13.7. The van der Waals surface area contributed by atoms with Gasteiger partial charge in [0, 0.05) is 42.6 Å². The maximum atomic E-state index is 11.5. The van der Waals surface area contributed by atoms with Crippen LogP contribution in [0.15, 0.2) is 140 Å². The van der Waals surface area contributed by atoms with Gasteiger partial charge in [0.05, 0.1) is 43.7 Å². The monoisotopic (exact) mass is 654 g/mol. The Bertz CT molecular complexity index is 3070. The molecule has 0 aliphatic carbocycles. The highest BCUT2D eigenvalue weighted by Gasteiger charge is 2.30. The molecule has 5 heteroatoms. The molecule has 0 bridgehead atoms. The van der Waals surface area contributed by atoms with Crippen LogP contribution in [0.1, 0.15) is 16.7 Å². The van der Waals surface area contributed by atoms with Gasteiger partial charge in [-0.15, -0.1) is 11.3 Å². The van der Waals surface area contributed by atoms with Crippen molar-refractivity contribution in [1.29, 1.82) is 10.5 Å². The van der Waals surface area contributed by atoms with Crippen molar-refractivity contribution >= 4 is 75.1 Å². The molecule has 0 radical (unpaired) electrons. The van der Waals surface area contributed by atoms with Crippen LogP contribution in [0.25, 0.3) is 86.3 Å². The van der Waals surface area contributed by atoms with E-state index >= 15 is 0 Å². The van der Waals surface area contributed by atoms with E-state index in [0.717, 1.165) is 70.7 Å². The molecule has 0 N–H and O–H groups in total. The normalized spacial score (nSPS) is 11.7. The molecule has 0 amide bonds. The van der Waals surface area contributed by atoms with Gasteiger partial charge in [0.1, 0.15) is 17.7 Å². The summed E-state index contributed by atoms with van der Waals surface area (Å²) in [6.45, 7) is 1.99. The van der Waals surface area contributed by atoms with Crippen molar-refractivity contribution in [1.82, 2.24) is 9.13 Å². The van der Waals surface area contributed by atoms with Gasteiger partial charge in [-0.05, 0) is 42.3 Å². The van der Waals surface area contributed by atoms with E-state index in [2.05, 4.69) is 118 Å². The van der Waals surface area contributed by atoms with E-state index in [1.165, 1.54) is 15.5 Å². The molecule has 0 atom stereocenters. The highest BCUT2D eigenvalue weighted by atomic mass is 32.1. The fourth-order valence-electron chi connectivity index (χ4n) is 8.11. The Kier molecular flexibility index (Phi) is 6.05. The van der Waals surface area contributed by atoms with Crippen LogP contribution in [-0.4, -0.2) is 9.13 Å². The lowest BCUT2D eigenvalue weighted by Crippen LogP contribution is -2.11. The lowest BCUT2D eigenvalue weighted by atomic mass is 9.89. The Morgan fingerprint density at radius 2 is 1.00 bits per heavy atom. The molecule has 50 heavy (non-hydrogen) atoms. The number of benzene rings is 7. The molecule has 10 aromatic rings. The standard InChI is InChI=1S/C45H26N4S/c1-27-35(25-46)41(28-13-3-2-4-14-28)43(36(26-47)42(27)48-37-19-9-5-15-29(37)30-16-6-10-20-38(30)48)49-39-21-11-7-17-31(39)33-23-24-34-32-18-8-12-22-40(32)50-45(34)44(33)49/h2-24H,1H3. The first-order valence-corrected chi connectivity index (χ1v) is 17.4. The molecule has 0 aliphatic rings. The zero-order valence-electron chi connectivity index (χ0n) is 27.0. The number of fused-ring (bicyclic) bond motifs is 10. The number of para-hydroxylation sites is 3. The first-order valence-electron chi connectivity index (χ1n) is 16.6. The Balaban J connectivity index is 1.50. The molecule has 232 valence electrons. The summed E-state index contributed by atoms with van der Waals surface area (Å²) in [5.74, 6) is 0. The van der Waals surface area contributed by atoms with Crippen LogP contribution < -0.4 is 0 Å². The molecular formula is C45H26N4S. The Hall–Kier alpha value is -6.66. The van der Waals surface area contributed by atoms with Gasteiger partial charge in [0.2, 0.25) is 0 Å². The molecule has 10 rings (SSSR count). The minimum atomic E-state index is 0.521. The molecule has 4 nitrogen and oxygen atoms in total. The first-order chi connectivity index (χ1) is 24.7. The lowest BCUT2D eigenvalue weighted by Gasteiger charge is -2.23. The van der Waals surface area contributed by atoms with Crippen LogP contribution in [0.3, 0.4) is 0 Å². The van der Waals surface area contributed by atoms with Crippen molar-refractivity contribution in [3.8, 4) is 34.6 Å². The highest BCUT2D eigenvalue weighted by Crippen LogP contribution is 2.48. The predicted octanol–water partition coefficient (Wildman–Crippen LogP) is 12.0. The summed E-state index contributed by atoms with van der Waals surface area (Å²) in [4.78, 5) is 0. The molecule has 0 unspecified atom stereocenters. The number of aromatic nitrogens is 2. The van der Waals surface area contributed by atoms with E-state index in [1.807, 2.05) is 49.4 Å². The second-order valence-electron chi connectivity index (χ2n) is 12.7. The summed E-state index contributed by atoms with van der Waals surface area (Å²) >= 11 is 1.78. The van der Waals surface area contributed by atoms with Crippen LogP contribution in [0.4, 0.5) is 0 Å². The van der Waals surface area contributed by atoms with Gasteiger partial charge in [0.15, 0.2) is 0 Å². The van der Waals surface area contributed by atoms with Gasteiger partial charge in [-0.2, -0.15) is 10.5 Å². The van der Waals surface area contributed by atoms with Gasteiger partial charge < -0.3 is 9.13 Å². The van der Waals surface area contributed by atoms with Crippen molar-refractivity contribution in [3.63, 3.8) is 0 Å². The average molecular weight is 655 g/mol. The van der Waals surface area contributed by atoms with E-state index < -0.39 is 0 Å². The average Bonchev–Trinajstić information content (AvgIpc) is 3.83. The third-order valence-electron chi connectivity index (χ3n) is 10.2. The van der Waals surface area contributed by atoms with Crippen molar-refractivity contribution < 1.29 is 0 Å². The molecule has 3 aromatic heterocycles. The molecular weight excluding hydrogens is 629 g/mol. The Labute approximate surface area is 291 Å². The van der Waals surface area contributed by atoms with Gasteiger partial charge >= 0.3 is 0 Å². The Morgan fingerprint density at radius 3 is 1.64 bits per heavy atom. The molecule has 3 heterocycles. The molecule has 0 fully saturated rings. The van der Waals surface area contributed by atoms with Crippen LogP contribution in [0.2, 0.25) is 0 Å². The topological polar surface area (TPSA) is 57.4 Å². The van der Waals surface area contributed by atoms with Crippen LogP contribution >= 0.6 is 11.3 Å². The largest absolute Gasteiger partial charge is 0.308 e. The smallest absolute Gasteiger partial charge is 0.104 e. The lowest BCUT2D eigenvalue weighted by molar-refractivity contribution is 1.09. The van der Waals surface area contributed by atoms with E-state index in [1.54, 1.807) is 11.3 Å². The SMILES string of the molecule is Cc1c(C#N)c(-c2ccccc2)c(-n2c3ccccc3c3ccc4c5ccccc5sc4c32)c(C#N)c1-n1c2ccccc2c2ccccc21. The zero-order valence-corrected chi connectivity index (χ0v) is 27.8. The van der Waals surface area contributed by atoms with E-state index in [0.29, 0.717) is 16.8 Å². The van der Waals surface area contributed by atoms with Crippen molar-refractivity contribution in [2.45, 2.75) is 6.92 Å². The Morgan fingerprint density at radius 1 is 0.480 bits per heavy atom. The summed E-state index contributed by atoms with van der Waals surface area (Å²) < 4.78 is 6.84. The first kappa shape index (κ1) is 28.4. The summed E-state index contributed by atoms with van der Waals surface area (Å²) in [6.07, 6.45) is 0. The summed E-state index contributed by atoms with van der Waals surface area (Å²) in [5.41, 5.74) is 8.94. The number of rotatable bonds is 3. The van der Waals surface area contributed by atoms with E-state index in [9.17, 15) is 10.5 Å². The second kappa shape index (κ2) is 10.7. The number of nitrogens with zero attached hydrogens (tertiary/aromatic N) is 4. The predicted molar refractivity (Wildman–Crippen MR) is 208 cm³/mol.